The lowest BCUT2D eigenvalue weighted by atomic mass is 9.92. The van der Waals surface area contributed by atoms with Gasteiger partial charge in [0.25, 0.3) is 0 Å². The first-order chi connectivity index (χ1) is 8.61. The first-order valence-electron chi connectivity index (χ1n) is 6.46. The second kappa shape index (κ2) is 7.86. The van der Waals surface area contributed by atoms with Gasteiger partial charge in [0, 0.05) is 12.5 Å². The molecular weight excluding hydrogens is 236 g/mol. The van der Waals surface area contributed by atoms with Crippen molar-refractivity contribution in [3.05, 3.63) is 12.7 Å². The summed E-state index contributed by atoms with van der Waals surface area (Å²) < 4.78 is 11.0. The van der Waals surface area contributed by atoms with Gasteiger partial charge in [-0.05, 0) is 19.3 Å². The zero-order valence-corrected chi connectivity index (χ0v) is 10.9. The highest BCUT2D eigenvalue weighted by atomic mass is 16.7. The van der Waals surface area contributed by atoms with Crippen LogP contribution in [0.25, 0.3) is 0 Å². The van der Waals surface area contributed by atoms with Crippen molar-refractivity contribution in [1.29, 1.82) is 0 Å². The highest BCUT2D eigenvalue weighted by Gasteiger charge is 2.42. The molecule has 5 atom stereocenters. The molecule has 0 radical (unpaired) electrons. The Morgan fingerprint density at radius 3 is 2.61 bits per heavy atom. The first-order valence-corrected chi connectivity index (χ1v) is 6.46. The molecule has 0 saturated carbocycles. The maximum Gasteiger partial charge on any atom is 0.163 e. The molecule has 0 amide bonds. The molecular formula is C13H24O5. The van der Waals surface area contributed by atoms with Crippen LogP contribution >= 0.6 is 0 Å². The van der Waals surface area contributed by atoms with Gasteiger partial charge in [-0.2, -0.15) is 0 Å². The number of unbranched alkanes of at least 4 members (excludes halogenated alkanes) is 2. The lowest BCUT2D eigenvalue weighted by molar-refractivity contribution is -0.282. The zero-order valence-electron chi connectivity index (χ0n) is 10.9. The van der Waals surface area contributed by atoms with Crippen molar-refractivity contribution < 1.29 is 24.8 Å². The van der Waals surface area contributed by atoms with E-state index < -0.39 is 24.6 Å². The van der Waals surface area contributed by atoms with Crippen LogP contribution < -0.4 is 0 Å². The lowest BCUT2D eigenvalue weighted by Gasteiger charge is -2.40. The van der Waals surface area contributed by atoms with Crippen LogP contribution in [-0.4, -0.2) is 53.1 Å². The molecule has 5 heteroatoms. The fourth-order valence-corrected chi connectivity index (χ4v) is 2.00. The molecule has 0 aromatic carbocycles. The second-order valence-corrected chi connectivity index (χ2v) is 4.72. The summed E-state index contributed by atoms with van der Waals surface area (Å²) in [6.07, 6.45) is 1.34. The van der Waals surface area contributed by atoms with Crippen molar-refractivity contribution in [1.82, 2.24) is 0 Å². The van der Waals surface area contributed by atoms with E-state index in [-0.39, 0.29) is 12.5 Å². The Labute approximate surface area is 108 Å². The van der Waals surface area contributed by atoms with Crippen molar-refractivity contribution in [2.24, 2.45) is 5.92 Å². The monoisotopic (exact) mass is 260 g/mol. The van der Waals surface area contributed by atoms with Crippen molar-refractivity contribution >= 4 is 0 Å². The third kappa shape index (κ3) is 4.03. The van der Waals surface area contributed by atoms with Gasteiger partial charge < -0.3 is 24.8 Å². The number of hydrogen-bond acceptors (Lipinski definition) is 5. The highest BCUT2D eigenvalue weighted by Crippen LogP contribution is 2.26. The van der Waals surface area contributed by atoms with Crippen LogP contribution in [0.2, 0.25) is 0 Å². The summed E-state index contributed by atoms with van der Waals surface area (Å²) in [5.74, 6) is -0.317. The van der Waals surface area contributed by atoms with Crippen molar-refractivity contribution in [2.75, 3.05) is 13.2 Å². The summed E-state index contributed by atoms with van der Waals surface area (Å²) in [5.41, 5.74) is 0. The Kier molecular flexibility index (Phi) is 6.81. The quantitative estimate of drug-likeness (QED) is 0.457. The van der Waals surface area contributed by atoms with E-state index in [2.05, 4.69) is 6.58 Å². The fraction of sp³-hybridized carbons (Fsp3) is 0.846. The molecule has 1 heterocycles. The number of aliphatic hydroxyl groups is 3. The van der Waals surface area contributed by atoms with Crippen molar-refractivity contribution in [3.8, 4) is 0 Å². The molecule has 0 spiro atoms. The minimum Gasteiger partial charge on any atom is -0.394 e. The Balaban J connectivity index is 2.37. The molecule has 5 nitrogen and oxygen atoms in total. The van der Waals surface area contributed by atoms with Crippen LogP contribution in [0, 0.1) is 5.92 Å². The number of aliphatic hydroxyl groups excluding tert-OH is 3. The first kappa shape index (κ1) is 15.6. The lowest BCUT2D eigenvalue weighted by Crippen LogP contribution is -2.55. The zero-order chi connectivity index (χ0) is 13.5. The van der Waals surface area contributed by atoms with Gasteiger partial charge in [0.2, 0.25) is 0 Å². The van der Waals surface area contributed by atoms with Crippen LogP contribution in [0.15, 0.2) is 12.7 Å². The molecule has 1 saturated heterocycles. The van der Waals surface area contributed by atoms with E-state index in [4.69, 9.17) is 14.6 Å². The van der Waals surface area contributed by atoms with Crippen molar-refractivity contribution in [2.45, 2.75) is 50.8 Å². The minimum absolute atomic E-state index is 0.317. The second-order valence-electron chi connectivity index (χ2n) is 4.72. The highest BCUT2D eigenvalue weighted by molar-refractivity contribution is 4.86. The average molecular weight is 260 g/mol. The van der Waals surface area contributed by atoms with E-state index in [1.807, 2.05) is 6.08 Å². The van der Waals surface area contributed by atoms with Crippen LogP contribution in [0.4, 0.5) is 0 Å². The molecule has 106 valence electrons. The van der Waals surface area contributed by atoms with Crippen LogP contribution in [0.1, 0.15) is 26.2 Å². The van der Waals surface area contributed by atoms with Crippen molar-refractivity contribution in [3.63, 3.8) is 0 Å². The minimum atomic E-state index is -1.06. The van der Waals surface area contributed by atoms with Gasteiger partial charge in [-0.3, -0.25) is 0 Å². The Hall–Kier alpha value is -0.460. The standard InChI is InChI=1S/C13H24O5/c1-3-4-5-6-7-17-13-9(2)11(15)12(16)10(8-14)18-13/h3,9-16H,1,4-8H2,2H3. The third-order valence-corrected chi connectivity index (χ3v) is 3.27. The van der Waals surface area contributed by atoms with Crippen LogP contribution in [0.5, 0.6) is 0 Å². The van der Waals surface area contributed by atoms with Crippen LogP contribution in [0.3, 0.4) is 0 Å². The van der Waals surface area contributed by atoms with Gasteiger partial charge >= 0.3 is 0 Å². The fourth-order valence-electron chi connectivity index (χ4n) is 2.00. The maximum atomic E-state index is 9.82. The SMILES string of the molecule is C=CCCCCOC1OC(CO)C(O)C(O)C1C. The molecule has 1 rings (SSSR count). The van der Waals surface area contributed by atoms with Gasteiger partial charge in [0.05, 0.1) is 12.7 Å². The summed E-state index contributed by atoms with van der Waals surface area (Å²) in [6.45, 7) is 5.60. The van der Waals surface area contributed by atoms with E-state index >= 15 is 0 Å². The third-order valence-electron chi connectivity index (χ3n) is 3.27. The summed E-state index contributed by atoms with van der Waals surface area (Å²) in [4.78, 5) is 0. The molecule has 5 unspecified atom stereocenters. The molecule has 1 aliphatic heterocycles. The largest absolute Gasteiger partial charge is 0.394 e. The topological polar surface area (TPSA) is 79.2 Å². The van der Waals surface area contributed by atoms with Gasteiger partial charge in [0.1, 0.15) is 12.2 Å². The molecule has 3 N–H and O–H groups in total. The van der Waals surface area contributed by atoms with Gasteiger partial charge in [-0.15, -0.1) is 6.58 Å². The predicted molar refractivity (Wildman–Crippen MR) is 66.9 cm³/mol. The molecule has 0 aliphatic carbocycles. The van der Waals surface area contributed by atoms with E-state index in [0.717, 1.165) is 19.3 Å². The smallest absolute Gasteiger partial charge is 0.163 e. The van der Waals surface area contributed by atoms with Crippen LogP contribution in [-0.2, 0) is 9.47 Å². The predicted octanol–water partition coefficient (Wildman–Crippen LogP) is 0.434. The Morgan fingerprint density at radius 1 is 1.28 bits per heavy atom. The number of rotatable bonds is 7. The average Bonchev–Trinajstić information content (AvgIpc) is 2.38. The maximum absolute atomic E-state index is 9.82. The molecule has 1 fully saturated rings. The summed E-state index contributed by atoms with van der Waals surface area (Å²) in [5, 5.41) is 28.6. The molecule has 1 aliphatic rings. The van der Waals surface area contributed by atoms with E-state index in [1.165, 1.54) is 0 Å². The normalized spacial score (nSPS) is 36.6. The van der Waals surface area contributed by atoms with E-state index in [0.29, 0.717) is 6.61 Å². The summed E-state index contributed by atoms with van der Waals surface area (Å²) in [6, 6.07) is 0. The van der Waals surface area contributed by atoms with Gasteiger partial charge in [-0.25, -0.2) is 0 Å². The molecule has 0 bridgehead atoms. The summed E-state index contributed by atoms with van der Waals surface area (Å²) in [7, 11) is 0. The molecule has 18 heavy (non-hydrogen) atoms. The molecule has 0 aromatic rings. The summed E-state index contributed by atoms with van der Waals surface area (Å²) >= 11 is 0. The molecule has 0 aromatic heterocycles. The van der Waals surface area contributed by atoms with Gasteiger partial charge in [-0.1, -0.05) is 13.0 Å². The van der Waals surface area contributed by atoms with E-state index in [9.17, 15) is 10.2 Å². The Bertz CT molecular complexity index is 244. The number of allylic oxidation sites excluding steroid dienone is 1. The van der Waals surface area contributed by atoms with E-state index in [1.54, 1.807) is 6.92 Å². The number of ether oxygens (including phenoxy) is 2. The number of hydrogen-bond donors (Lipinski definition) is 3. The Morgan fingerprint density at radius 2 is 2.00 bits per heavy atom. The van der Waals surface area contributed by atoms with Gasteiger partial charge in [0.15, 0.2) is 6.29 Å².